The monoisotopic (exact) mass is 341 g/mol. The quantitative estimate of drug-likeness (QED) is 0.681. The highest BCUT2D eigenvalue weighted by Gasteiger charge is 2.04. The summed E-state index contributed by atoms with van der Waals surface area (Å²) < 4.78 is 3.35. The lowest BCUT2D eigenvalue weighted by atomic mass is 10.2. The lowest BCUT2D eigenvalue weighted by Gasteiger charge is -1.99. The van der Waals surface area contributed by atoms with Crippen molar-refractivity contribution in [3.05, 3.63) is 64.4 Å². The van der Waals surface area contributed by atoms with Crippen molar-refractivity contribution in [2.45, 2.75) is 13.5 Å². The summed E-state index contributed by atoms with van der Waals surface area (Å²) in [5, 5.41) is 0. The molecule has 3 heteroatoms. The zero-order valence-electron chi connectivity index (χ0n) is 9.03. The van der Waals surface area contributed by atoms with E-state index in [1.807, 2.05) is 6.07 Å². The van der Waals surface area contributed by atoms with Gasteiger partial charge in [-0.3, -0.25) is 0 Å². The van der Waals surface area contributed by atoms with E-state index in [0.29, 0.717) is 0 Å². The Morgan fingerprint density at radius 3 is 2.44 bits per heavy atom. The Kier molecular flexibility index (Phi) is 5.16. The van der Waals surface area contributed by atoms with Crippen LogP contribution < -0.4 is 21.5 Å². The maximum absolute atomic E-state index is 3.50. The molecule has 0 N–H and O–H groups in total. The van der Waals surface area contributed by atoms with Crippen molar-refractivity contribution in [1.82, 2.24) is 0 Å². The molecule has 1 nitrogen and oxygen atoms in total. The van der Waals surface area contributed by atoms with E-state index in [1.165, 1.54) is 11.1 Å². The van der Waals surface area contributed by atoms with Crippen molar-refractivity contribution in [2.75, 3.05) is 0 Å². The van der Waals surface area contributed by atoms with E-state index in [-0.39, 0.29) is 17.0 Å². The molecule has 0 saturated heterocycles. The van der Waals surface area contributed by atoms with Gasteiger partial charge in [0.1, 0.15) is 0 Å². The average Bonchev–Trinajstić information content (AvgIpc) is 2.25. The van der Waals surface area contributed by atoms with Crippen LogP contribution in [0, 0.1) is 6.92 Å². The maximum atomic E-state index is 3.50. The number of pyridine rings is 1. The normalized spacial score (nSPS) is 9.62. The van der Waals surface area contributed by atoms with Gasteiger partial charge in [0.2, 0.25) is 0 Å². The lowest BCUT2D eigenvalue weighted by Crippen LogP contribution is -3.00. The van der Waals surface area contributed by atoms with E-state index in [9.17, 15) is 0 Å². The Hall–Kier alpha value is -0.670. The highest BCUT2D eigenvalue weighted by atomic mass is 79.9. The molecule has 84 valence electrons. The van der Waals surface area contributed by atoms with Gasteiger partial charge >= 0.3 is 0 Å². The molecule has 1 heterocycles. The van der Waals surface area contributed by atoms with Gasteiger partial charge in [-0.2, -0.15) is 0 Å². The van der Waals surface area contributed by atoms with Gasteiger partial charge in [-0.05, 0) is 6.92 Å². The largest absolute Gasteiger partial charge is 1.00 e. The molecule has 0 spiro atoms. The first-order valence-electron chi connectivity index (χ1n) is 4.95. The number of halogens is 2. The average molecular weight is 343 g/mol. The molecule has 0 unspecified atom stereocenters. The Bertz CT molecular complexity index is 455. The van der Waals surface area contributed by atoms with E-state index in [4.69, 9.17) is 0 Å². The third-order valence-electron chi connectivity index (χ3n) is 2.36. The fourth-order valence-electron chi connectivity index (χ4n) is 1.54. The van der Waals surface area contributed by atoms with E-state index in [2.05, 4.69) is 70.1 Å². The van der Waals surface area contributed by atoms with Crippen LogP contribution in [0.3, 0.4) is 0 Å². The van der Waals surface area contributed by atoms with Crippen LogP contribution >= 0.6 is 15.9 Å². The molecule has 0 aliphatic heterocycles. The summed E-state index contributed by atoms with van der Waals surface area (Å²) in [4.78, 5) is 0. The standard InChI is InChI=1S/C13H13BrN.BrH/c1-11-9-15(8-7-13(11)14)10-12-5-3-2-4-6-12;/h2-9H,10H2,1H3;1H/q+1;/p-1. The van der Waals surface area contributed by atoms with Crippen LogP contribution in [-0.2, 0) is 6.54 Å². The van der Waals surface area contributed by atoms with Gasteiger partial charge in [0.25, 0.3) is 0 Å². The molecule has 1 aromatic carbocycles. The minimum atomic E-state index is 0. The number of aryl methyl sites for hydroxylation is 1. The van der Waals surface area contributed by atoms with E-state index in [1.54, 1.807) is 0 Å². The van der Waals surface area contributed by atoms with Crippen LogP contribution in [0.15, 0.2) is 53.3 Å². The Labute approximate surface area is 115 Å². The predicted molar refractivity (Wildman–Crippen MR) is 64.6 cm³/mol. The smallest absolute Gasteiger partial charge is 0.173 e. The molecule has 0 amide bonds. The van der Waals surface area contributed by atoms with Gasteiger partial charge in [-0.1, -0.05) is 46.3 Å². The topological polar surface area (TPSA) is 3.88 Å². The van der Waals surface area contributed by atoms with Crippen LogP contribution in [0.5, 0.6) is 0 Å². The van der Waals surface area contributed by atoms with Gasteiger partial charge in [0.05, 0.1) is 0 Å². The molecule has 1 aromatic heterocycles. The summed E-state index contributed by atoms with van der Waals surface area (Å²) in [6.45, 7) is 3.03. The number of benzene rings is 1. The molecule has 2 rings (SSSR count). The van der Waals surface area contributed by atoms with Crippen LogP contribution in [0.25, 0.3) is 0 Å². The predicted octanol–water partition coefficient (Wildman–Crippen LogP) is 0.0973. The third kappa shape index (κ3) is 3.42. The van der Waals surface area contributed by atoms with Crippen molar-refractivity contribution in [3.63, 3.8) is 0 Å². The van der Waals surface area contributed by atoms with Crippen molar-refractivity contribution in [3.8, 4) is 0 Å². The Morgan fingerprint density at radius 1 is 1.12 bits per heavy atom. The third-order valence-corrected chi connectivity index (χ3v) is 3.25. The van der Waals surface area contributed by atoms with E-state index < -0.39 is 0 Å². The summed E-state index contributed by atoms with van der Waals surface area (Å²) in [6.07, 6.45) is 4.24. The first kappa shape index (κ1) is 13.4. The van der Waals surface area contributed by atoms with Crippen molar-refractivity contribution in [2.24, 2.45) is 0 Å². The molecule has 0 aliphatic rings. The number of nitrogens with zero attached hydrogens (tertiary/aromatic N) is 1. The SMILES string of the molecule is Cc1c[n+](Cc2ccccc2)ccc1Br.[Br-]. The van der Waals surface area contributed by atoms with E-state index >= 15 is 0 Å². The summed E-state index contributed by atoms with van der Waals surface area (Å²) >= 11 is 3.50. The molecule has 0 radical (unpaired) electrons. The highest BCUT2D eigenvalue weighted by molar-refractivity contribution is 9.10. The summed E-state index contributed by atoms with van der Waals surface area (Å²) in [6, 6.07) is 12.6. The van der Waals surface area contributed by atoms with Crippen LogP contribution in [0.2, 0.25) is 0 Å². The maximum Gasteiger partial charge on any atom is 0.173 e. The summed E-state index contributed by atoms with van der Waals surface area (Å²) in [7, 11) is 0. The Morgan fingerprint density at radius 2 is 1.81 bits per heavy atom. The number of aromatic nitrogens is 1. The zero-order valence-corrected chi connectivity index (χ0v) is 12.2. The minimum Gasteiger partial charge on any atom is -1.00 e. The highest BCUT2D eigenvalue weighted by Crippen LogP contribution is 2.11. The fraction of sp³-hybridized carbons (Fsp3) is 0.154. The molecule has 16 heavy (non-hydrogen) atoms. The second-order valence-corrected chi connectivity index (χ2v) is 4.49. The van der Waals surface area contributed by atoms with Crippen LogP contribution in [0.1, 0.15) is 11.1 Å². The molecule has 0 bridgehead atoms. The fourth-order valence-corrected chi connectivity index (χ4v) is 1.76. The molecular formula is C13H13Br2N. The van der Waals surface area contributed by atoms with Crippen molar-refractivity contribution >= 4 is 15.9 Å². The molecular weight excluding hydrogens is 330 g/mol. The number of hydrogen-bond acceptors (Lipinski definition) is 0. The molecule has 0 fully saturated rings. The summed E-state index contributed by atoms with van der Waals surface area (Å²) in [5.41, 5.74) is 2.58. The van der Waals surface area contributed by atoms with Gasteiger partial charge in [0, 0.05) is 21.7 Å². The van der Waals surface area contributed by atoms with Gasteiger partial charge in [-0.15, -0.1) is 0 Å². The second kappa shape index (κ2) is 6.16. The van der Waals surface area contributed by atoms with Gasteiger partial charge in [0.15, 0.2) is 18.9 Å². The van der Waals surface area contributed by atoms with Crippen molar-refractivity contribution in [1.29, 1.82) is 0 Å². The number of rotatable bonds is 2. The minimum absolute atomic E-state index is 0. The second-order valence-electron chi connectivity index (χ2n) is 3.63. The van der Waals surface area contributed by atoms with Crippen LogP contribution in [-0.4, -0.2) is 0 Å². The number of hydrogen-bond donors (Lipinski definition) is 0. The first-order chi connectivity index (χ1) is 7.25. The van der Waals surface area contributed by atoms with Gasteiger partial charge in [-0.25, -0.2) is 4.57 Å². The molecule has 0 aliphatic carbocycles. The molecule has 0 atom stereocenters. The Balaban J connectivity index is 0.00000128. The molecule has 0 saturated carbocycles. The van der Waals surface area contributed by atoms with Crippen molar-refractivity contribution < 1.29 is 21.5 Å². The lowest BCUT2D eigenvalue weighted by molar-refractivity contribution is -0.688. The van der Waals surface area contributed by atoms with Gasteiger partial charge < -0.3 is 17.0 Å². The summed E-state index contributed by atoms with van der Waals surface area (Å²) in [5.74, 6) is 0. The van der Waals surface area contributed by atoms with E-state index in [0.717, 1.165) is 11.0 Å². The molecule has 2 aromatic rings. The zero-order chi connectivity index (χ0) is 10.7. The van der Waals surface area contributed by atoms with Crippen LogP contribution in [0.4, 0.5) is 0 Å². The first-order valence-corrected chi connectivity index (χ1v) is 5.74.